The molecule has 6 fully saturated rings. The Morgan fingerprint density at radius 1 is 0.782 bits per heavy atom. The Morgan fingerprint density at radius 3 is 2.02 bits per heavy atom. The maximum absolute atomic E-state index is 14.3. The number of nitrogens with zero attached hydrogens (tertiary/aromatic N) is 2. The van der Waals surface area contributed by atoms with Gasteiger partial charge in [-0.3, -0.25) is 19.2 Å². The Bertz CT molecular complexity index is 1530. The zero-order valence-electron chi connectivity index (χ0n) is 36.4. The Labute approximate surface area is 333 Å². The number of aliphatic carboxylic acids is 1. The van der Waals surface area contributed by atoms with Crippen molar-refractivity contribution in [1.29, 1.82) is 0 Å². The number of allylic oxidation sites excluding steroid dienone is 1. The van der Waals surface area contributed by atoms with E-state index in [1.54, 1.807) is 0 Å². The van der Waals surface area contributed by atoms with E-state index in [1.165, 1.54) is 31.3 Å². The highest BCUT2D eigenvalue weighted by Crippen LogP contribution is 2.78. The van der Waals surface area contributed by atoms with Crippen LogP contribution in [0.1, 0.15) is 159 Å². The molecule has 0 spiro atoms. The molecule has 0 aromatic rings. The first kappa shape index (κ1) is 42.2. The number of carbonyl (C=O) groups excluding carboxylic acids is 3. The first-order valence-corrected chi connectivity index (χ1v) is 22.1. The SMILES string of the molecule is C=C(C)[C@@H]1CC[C@]2(CC(=O)N3CCN(C(=O)CC(C)C)CC3)CC[C@]3(C)[C@H](CC[C@@H]4[C@@]5(C)CC[C@H](OC(=O)CC(C)(C)CC(=O)O)C(C)(C)[C@@H]5CC[C@]43C)[C@@H]12. The predicted molar refractivity (Wildman–Crippen MR) is 217 cm³/mol. The number of piperazine rings is 1. The molecule has 0 aromatic heterocycles. The molecule has 1 saturated heterocycles. The molecule has 6 rings (SSSR count). The van der Waals surface area contributed by atoms with Gasteiger partial charge >= 0.3 is 11.9 Å². The summed E-state index contributed by atoms with van der Waals surface area (Å²) in [4.78, 5) is 55.8. The highest BCUT2D eigenvalue weighted by atomic mass is 16.5. The van der Waals surface area contributed by atoms with Gasteiger partial charge in [-0.05, 0) is 134 Å². The highest BCUT2D eigenvalue weighted by Gasteiger charge is 2.71. The standard InChI is InChI=1S/C47H76N2O6/c1-30(2)26-37(50)48-22-24-49(25-23-48)38(51)27-47-19-14-32(31(3)4)41(47)33-12-13-35-44(9)17-16-36(55-40(54)29-42(5,6)28-39(52)53)43(7,8)34(44)15-18-46(35,11)45(33,10)20-21-47/h30,32-36,41H,3,12-29H2,1-2,4-11H3,(H,52,53)/t32-,33+,34-,35+,36-,41+,44-,45+,46+,47+/m0/s1. The van der Waals surface area contributed by atoms with Crippen LogP contribution in [-0.2, 0) is 23.9 Å². The normalized spacial score (nSPS) is 39.7. The van der Waals surface area contributed by atoms with Crippen LogP contribution in [-0.4, -0.2) is 70.9 Å². The van der Waals surface area contributed by atoms with Crippen molar-refractivity contribution in [2.75, 3.05) is 26.2 Å². The number of esters is 1. The fraction of sp³-hybridized carbons (Fsp3) is 0.872. The molecular formula is C47H76N2O6. The lowest BCUT2D eigenvalue weighted by Gasteiger charge is -2.73. The number of ether oxygens (including phenoxy) is 1. The summed E-state index contributed by atoms with van der Waals surface area (Å²) >= 11 is 0. The van der Waals surface area contributed by atoms with E-state index in [-0.39, 0.29) is 57.9 Å². The van der Waals surface area contributed by atoms with Gasteiger partial charge in [-0.2, -0.15) is 0 Å². The molecule has 1 aliphatic heterocycles. The molecule has 0 bridgehead atoms. The molecule has 310 valence electrons. The van der Waals surface area contributed by atoms with Crippen molar-refractivity contribution in [2.24, 2.45) is 68.0 Å². The maximum atomic E-state index is 14.3. The summed E-state index contributed by atoms with van der Waals surface area (Å²) in [6, 6.07) is 0. The molecule has 1 N–H and O–H groups in total. The smallest absolute Gasteiger partial charge is 0.306 e. The van der Waals surface area contributed by atoms with Gasteiger partial charge in [0.25, 0.3) is 0 Å². The number of fused-ring (bicyclic) bond motifs is 7. The van der Waals surface area contributed by atoms with Crippen LogP contribution < -0.4 is 0 Å². The molecule has 0 aromatic carbocycles. The fourth-order valence-electron chi connectivity index (χ4n) is 14.9. The van der Waals surface area contributed by atoms with Gasteiger partial charge in [-0.15, -0.1) is 0 Å². The van der Waals surface area contributed by atoms with Crippen molar-refractivity contribution < 1.29 is 29.0 Å². The molecule has 8 nitrogen and oxygen atoms in total. The summed E-state index contributed by atoms with van der Waals surface area (Å²) in [6.45, 7) is 29.8. The van der Waals surface area contributed by atoms with E-state index < -0.39 is 11.4 Å². The summed E-state index contributed by atoms with van der Waals surface area (Å²) in [6.07, 6.45) is 12.3. The van der Waals surface area contributed by atoms with E-state index >= 15 is 0 Å². The Morgan fingerprint density at radius 2 is 1.42 bits per heavy atom. The van der Waals surface area contributed by atoms with Gasteiger partial charge in [-0.1, -0.05) is 74.5 Å². The lowest BCUT2D eigenvalue weighted by Crippen LogP contribution is -2.67. The van der Waals surface area contributed by atoms with Gasteiger partial charge in [-0.25, -0.2) is 0 Å². The Kier molecular flexibility index (Phi) is 11.3. The molecule has 0 radical (unpaired) electrons. The van der Waals surface area contributed by atoms with Crippen LogP contribution in [0, 0.1) is 68.0 Å². The number of hydrogen-bond donors (Lipinski definition) is 1. The van der Waals surface area contributed by atoms with E-state index in [4.69, 9.17) is 4.74 Å². The second-order valence-corrected chi connectivity index (χ2v) is 22.3. The third-order valence-corrected chi connectivity index (χ3v) is 17.8. The van der Waals surface area contributed by atoms with Crippen molar-refractivity contribution in [2.45, 2.75) is 165 Å². The molecule has 6 aliphatic rings. The lowest BCUT2D eigenvalue weighted by atomic mass is 9.32. The topological polar surface area (TPSA) is 104 Å². The largest absolute Gasteiger partial charge is 0.481 e. The molecule has 10 atom stereocenters. The summed E-state index contributed by atoms with van der Waals surface area (Å²) in [5.41, 5.74) is 0.984. The minimum absolute atomic E-state index is 0.0166. The van der Waals surface area contributed by atoms with E-state index in [2.05, 4.69) is 66.9 Å². The maximum Gasteiger partial charge on any atom is 0.306 e. The van der Waals surface area contributed by atoms with E-state index in [0.29, 0.717) is 80.4 Å². The van der Waals surface area contributed by atoms with E-state index in [1.807, 2.05) is 18.7 Å². The van der Waals surface area contributed by atoms with Crippen LogP contribution in [0.25, 0.3) is 0 Å². The van der Waals surface area contributed by atoms with Crippen molar-refractivity contribution in [3.05, 3.63) is 12.2 Å². The van der Waals surface area contributed by atoms with Gasteiger partial charge in [0.05, 0.1) is 12.8 Å². The van der Waals surface area contributed by atoms with Crippen LogP contribution in [0.2, 0.25) is 0 Å². The minimum Gasteiger partial charge on any atom is -0.481 e. The summed E-state index contributed by atoms with van der Waals surface area (Å²) in [7, 11) is 0. The molecule has 1 heterocycles. The van der Waals surface area contributed by atoms with Crippen LogP contribution in [0.15, 0.2) is 12.2 Å². The highest BCUT2D eigenvalue weighted by molar-refractivity contribution is 5.79. The number of hydrogen-bond acceptors (Lipinski definition) is 5. The Hall–Kier alpha value is -2.38. The molecular weight excluding hydrogens is 689 g/mol. The predicted octanol–water partition coefficient (Wildman–Crippen LogP) is 9.55. The quantitative estimate of drug-likeness (QED) is 0.176. The molecule has 0 unspecified atom stereocenters. The second-order valence-electron chi connectivity index (χ2n) is 22.3. The van der Waals surface area contributed by atoms with Crippen molar-refractivity contribution in [3.63, 3.8) is 0 Å². The minimum atomic E-state index is -0.887. The third-order valence-electron chi connectivity index (χ3n) is 17.8. The first-order valence-electron chi connectivity index (χ1n) is 22.1. The number of amides is 2. The van der Waals surface area contributed by atoms with Gasteiger partial charge < -0.3 is 19.6 Å². The van der Waals surface area contributed by atoms with Gasteiger partial charge in [0.1, 0.15) is 6.10 Å². The summed E-state index contributed by atoms with van der Waals surface area (Å²) < 4.78 is 6.29. The van der Waals surface area contributed by atoms with Crippen molar-refractivity contribution in [1.82, 2.24) is 9.80 Å². The fourth-order valence-corrected chi connectivity index (χ4v) is 14.9. The van der Waals surface area contributed by atoms with Gasteiger partial charge in [0, 0.05) is 44.4 Å². The second kappa shape index (κ2) is 14.8. The number of carboxylic acid groups (broad SMARTS) is 1. The molecule has 8 heteroatoms. The zero-order valence-corrected chi connectivity index (χ0v) is 36.4. The van der Waals surface area contributed by atoms with Crippen LogP contribution in [0.4, 0.5) is 0 Å². The molecule has 55 heavy (non-hydrogen) atoms. The number of rotatable bonds is 10. The average molecular weight is 765 g/mol. The van der Waals surface area contributed by atoms with Crippen LogP contribution >= 0.6 is 0 Å². The monoisotopic (exact) mass is 765 g/mol. The van der Waals surface area contributed by atoms with Crippen LogP contribution in [0.3, 0.4) is 0 Å². The third kappa shape index (κ3) is 7.34. The first-order chi connectivity index (χ1) is 25.5. The Balaban J connectivity index is 1.19. The summed E-state index contributed by atoms with van der Waals surface area (Å²) in [5, 5.41) is 9.37. The van der Waals surface area contributed by atoms with Gasteiger partial charge in [0.2, 0.25) is 11.8 Å². The van der Waals surface area contributed by atoms with E-state index in [0.717, 1.165) is 38.5 Å². The van der Waals surface area contributed by atoms with Crippen molar-refractivity contribution >= 4 is 23.8 Å². The summed E-state index contributed by atoms with van der Waals surface area (Å²) in [5.74, 6) is 2.21. The van der Waals surface area contributed by atoms with E-state index in [9.17, 15) is 24.3 Å². The van der Waals surface area contributed by atoms with Gasteiger partial charge in [0.15, 0.2) is 0 Å². The van der Waals surface area contributed by atoms with Crippen LogP contribution in [0.5, 0.6) is 0 Å². The zero-order chi connectivity index (χ0) is 40.5. The average Bonchev–Trinajstić information content (AvgIpc) is 3.45. The molecule has 2 amide bonds. The van der Waals surface area contributed by atoms with Crippen molar-refractivity contribution in [3.8, 4) is 0 Å². The molecule has 5 aliphatic carbocycles. The lowest BCUT2D eigenvalue weighted by molar-refractivity contribution is -0.250. The molecule has 5 saturated carbocycles. The number of carbonyl (C=O) groups is 4. The number of carboxylic acids is 1.